The van der Waals surface area contributed by atoms with E-state index >= 15 is 0 Å². The minimum absolute atomic E-state index is 0.252. The Labute approximate surface area is 132 Å². The number of pyridine rings is 2. The third-order valence-electron chi connectivity index (χ3n) is 5.05. The largest absolute Gasteiger partial charge is 0.298 e. The van der Waals surface area contributed by atoms with E-state index in [1.807, 2.05) is 38.1 Å². The van der Waals surface area contributed by atoms with Crippen LogP contribution >= 0.6 is 0 Å². The van der Waals surface area contributed by atoms with Crippen LogP contribution in [0.4, 0.5) is 0 Å². The van der Waals surface area contributed by atoms with Crippen molar-refractivity contribution in [1.29, 1.82) is 0 Å². The number of carbonyl (C=O) groups excluding carboxylic acids is 1. The molecule has 2 unspecified atom stereocenters. The first-order valence-corrected chi connectivity index (χ1v) is 7.85. The normalized spacial score (nSPS) is 16.5. The lowest BCUT2D eigenvalue weighted by molar-refractivity contribution is -0.129. The number of ketones is 1. The van der Waals surface area contributed by atoms with E-state index in [0.29, 0.717) is 0 Å². The fourth-order valence-electron chi connectivity index (χ4n) is 3.04. The first kappa shape index (κ1) is 16.3. The third kappa shape index (κ3) is 2.68. The summed E-state index contributed by atoms with van der Waals surface area (Å²) in [5, 5.41) is 0. The van der Waals surface area contributed by atoms with E-state index < -0.39 is 10.8 Å². The van der Waals surface area contributed by atoms with Crippen molar-refractivity contribution in [3.63, 3.8) is 0 Å². The van der Waals surface area contributed by atoms with Crippen molar-refractivity contribution in [1.82, 2.24) is 9.97 Å². The van der Waals surface area contributed by atoms with Gasteiger partial charge in [-0.25, -0.2) is 0 Å². The van der Waals surface area contributed by atoms with Gasteiger partial charge in [0.2, 0.25) is 0 Å². The number of nitrogens with zero attached hydrogens (tertiary/aromatic N) is 2. The first-order valence-electron chi connectivity index (χ1n) is 7.85. The van der Waals surface area contributed by atoms with Crippen LogP contribution in [-0.4, -0.2) is 15.8 Å². The second-order valence-electron chi connectivity index (χ2n) is 6.17. The Bertz CT molecular complexity index is 571. The summed E-state index contributed by atoms with van der Waals surface area (Å²) in [4.78, 5) is 21.7. The summed E-state index contributed by atoms with van der Waals surface area (Å²) in [5.74, 6) is 0.252. The molecular formula is C19H24N2O. The molecule has 0 spiro atoms. The summed E-state index contributed by atoms with van der Waals surface area (Å²) >= 11 is 0. The van der Waals surface area contributed by atoms with E-state index in [-0.39, 0.29) is 5.78 Å². The van der Waals surface area contributed by atoms with Crippen LogP contribution in [-0.2, 0) is 15.6 Å². The van der Waals surface area contributed by atoms with Gasteiger partial charge in [-0.3, -0.25) is 14.8 Å². The van der Waals surface area contributed by atoms with E-state index in [2.05, 4.69) is 23.8 Å². The lowest BCUT2D eigenvalue weighted by atomic mass is 9.63. The van der Waals surface area contributed by atoms with Gasteiger partial charge in [0.05, 0.1) is 10.8 Å². The highest BCUT2D eigenvalue weighted by Gasteiger charge is 2.44. The molecule has 0 amide bonds. The standard InChI is InChI=1S/C19H24N2O/c1-5-18(3,15-7-11-20-12-8-15)17(22)19(4,6-2)16-9-13-21-14-10-16/h7-14H,5-6H2,1-4H3. The van der Waals surface area contributed by atoms with Crippen molar-refractivity contribution in [2.45, 2.75) is 51.4 Å². The number of Topliss-reactive ketones (excluding diaryl/α,β-unsaturated/α-hetero) is 1. The Morgan fingerprint density at radius 1 is 0.818 bits per heavy atom. The molecule has 0 aliphatic carbocycles. The molecule has 22 heavy (non-hydrogen) atoms. The Morgan fingerprint density at radius 2 is 1.14 bits per heavy atom. The van der Waals surface area contributed by atoms with Gasteiger partial charge in [0.1, 0.15) is 0 Å². The molecule has 0 aliphatic heterocycles. The van der Waals surface area contributed by atoms with E-state index in [9.17, 15) is 4.79 Å². The molecule has 0 fully saturated rings. The lowest BCUT2D eigenvalue weighted by Gasteiger charge is -2.38. The van der Waals surface area contributed by atoms with Crippen molar-refractivity contribution >= 4 is 5.78 Å². The number of carbonyl (C=O) groups is 1. The minimum Gasteiger partial charge on any atom is -0.298 e. The summed E-state index contributed by atoms with van der Waals surface area (Å²) in [5.41, 5.74) is 1.03. The molecule has 2 rings (SSSR count). The molecule has 2 aromatic heterocycles. The fraction of sp³-hybridized carbons (Fsp3) is 0.421. The molecule has 0 aliphatic rings. The van der Waals surface area contributed by atoms with Gasteiger partial charge in [0.15, 0.2) is 5.78 Å². The van der Waals surface area contributed by atoms with Crippen molar-refractivity contribution in [2.75, 3.05) is 0 Å². The maximum atomic E-state index is 13.5. The van der Waals surface area contributed by atoms with Crippen LogP contribution in [0.1, 0.15) is 51.7 Å². The van der Waals surface area contributed by atoms with E-state index in [4.69, 9.17) is 0 Å². The number of rotatable bonds is 6. The van der Waals surface area contributed by atoms with Crippen molar-refractivity contribution in [3.05, 3.63) is 60.2 Å². The average molecular weight is 296 g/mol. The van der Waals surface area contributed by atoms with E-state index in [1.165, 1.54) is 0 Å². The minimum atomic E-state index is -0.517. The molecule has 0 N–H and O–H groups in total. The van der Waals surface area contributed by atoms with Crippen LogP contribution < -0.4 is 0 Å². The van der Waals surface area contributed by atoms with Gasteiger partial charge in [-0.05, 0) is 62.1 Å². The quantitative estimate of drug-likeness (QED) is 0.806. The predicted octanol–water partition coefficient (Wildman–Crippen LogP) is 4.08. The maximum absolute atomic E-state index is 13.5. The van der Waals surface area contributed by atoms with Crippen LogP contribution in [0, 0.1) is 0 Å². The highest BCUT2D eigenvalue weighted by molar-refractivity contribution is 5.98. The predicted molar refractivity (Wildman–Crippen MR) is 88.8 cm³/mol. The van der Waals surface area contributed by atoms with E-state index in [1.54, 1.807) is 24.8 Å². The Morgan fingerprint density at radius 3 is 1.41 bits per heavy atom. The van der Waals surface area contributed by atoms with Gasteiger partial charge < -0.3 is 0 Å². The van der Waals surface area contributed by atoms with Gasteiger partial charge in [0, 0.05) is 24.8 Å². The zero-order valence-electron chi connectivity index (χ0n) is 13.8. The van der Waals surface area contributed by atoms with Crippen LogP contribution in [0.2, 0.25) is 0 Å². The second-order valence-corrected chi connectivity index (χ2v) is 6.17. The van der Waals surface area contributed by atoms with Gasteiger partial charge >= 0.3 is 0 Å². The lowest BCUT2D eigenvalue weighted by Crippen LogP contribution is -2.45. The summed E-state index contributed by atoms with van der Waals surface area (Å²) < 4.78 is 0. The zero-order chi connectivity index (χ0) is 16.2. The van der Waals surface area contributed by atoms with E-state index in [0.717, 1.165) is 24.0 Å². The monoisotopic (exact) mass is 296 g/mol. The molecule has 0 saturated carbocycles. The summed E-state index contributed by atoms with van der Waals surface area (Å²) in [6.07, 6.45) is 8.55. The highest BCUT2D eigenvalue weighted by Crippen LogP contribution is 2.39. The molecule has 116 valence electrons. The first-order chi connectivity index (χ1) is 10.5. The molecule has 0 radical (unpaired) electrons. The zero-order valence-corrected chi connectivity index (χ0v) is 13.8. The Hall–Kier alpha value is -2.03. The Kier molecular flexibility index (Phi) is 4.74. The SMILES string of the molecule is CCC(C)(C(=O)C(C)(CC)c1ccncc1)c1ccncc1. The molecule has 2 atom stereocenters. The number of hydrogen-bond acceptors (Lipinski definition) is 3. The molecule has 3 heteroatoms. The van der Waals surface area contributed by atoms with Crippen LogP contribution in [0.3, 0.4) is 0 Å². The number of aromatic nitrogens is 2. The molecule has 2 aromatic rings. The molecule has 0 aromatic carbocycles. The molecule has 3 nitrogen and oxygen atoms in total. The van der Waals surface area contributed by atoms with Crippen LogP contribution in [0.5, 0.6) is 0 Å². The highest BCUT2D eigenvalue weighted by atomic mass is 16.1. The molecule has 2 heterocycles. The number of hydrogen-bond donors (Lipinski definition) is 0. The molecule has 0 bridgehead atoms. The summed E-state index contributed by atoms with van der Waals surface area (Å²) in [6.45, 7) is 8.22. The summed E-state index contributed by atoms with van der Waals surface area (Å²) in [6, 6.07) is 7.79. The third-order valence-corrected chi connectivity index (χ3v) is 5.05. The van der Waals surface area contributed by atoms with Gasteiger partial charge in [0.25, 0.3) is 0 Å². The van der Waals surface area contributed by atoms with Crippen molar-refractivity contribution in [2.24, 2.45) is 0 Å². The van der Waals surface area contributed by atoms with Crippen LogP contribution in [0.15, 0.2) is 49.1 Å². The molecule has 0 saturated heterocycles. The second kappa shape index (κ2) is 6.39. The average Bonchev–Trinajstić information content (AvgIpc) is 2.61. The van der Waals surface area contributed by atoms with Gasteiger partial charge in [-0.2, -0.15) is 0 Å². The Balaban J connectivity index is 2.51. The van der Waals surface area contributed by atoms with Gasteiger partial charge in [-0.1, -0.05) is 13.8 Å². The van der Waals surface area contributed by atoms with Crippen molar-refractivity contribution < 1.29 is 4.79 Å². The van der Waals surface area contributed by atoms with Gasteiger partial charge in [-0.15, -0.1) is 0 Å². The summed E-state index contributed by atoms with van der Waals surface area (Å²) in [7, 11) is 0. The molecular weight excluding hydrogens is 272 g/mol. The fourth-order valence-corrected chi connectivity index (χ4v) is 3.04. The topological polar surface area (TPSA) is 42.9 Å². The smallest absolute Gasteiger partial charge is 0.153 e. The van der Waals surface area contributed by atoms with Crippen molar-refractivity contribution in [3.8, 4) is 0 Å². The van der Waals surface area contributed by atoms with Crippen LogP contribution in [0.25, 0.3) is 0 Å². The maximum Gasteiger partial charge on any atom is 0.153 e.